The summed E-state index contributed by atoms with van der Waals surface area (Å²) in [4.78, 5) is 1.97. The van der Waals surface area contributed by atoms with Gasteiger partial charge in [-0.15, -0.1) is 0 Å². The molecule has 1 rings (SSSR count). The van der Waals surface area contributed by atoms with Gasteiger partial charge in [-0.3, -0.25) is 0 Å². The van der Waals surface area contributed by atoms with E-state index in [4.69, 9.17) is 4.74 Å². The number of hydrogen-bond donors (Lipinski definition) is 0. The summed E-state index contributed by atoms with van der Waals surface area (Å²) in [5.41, 5.74) is 1.35. The molecule has 1 nitrogen and oxygen atoms in total. The van der Waals surface area contributed by atoms with Gasteiger partial charge < -0.3 is 4.74 Å². The Morgan fingerprint density at radius 1 is 1.17 bits per heavy atom. The molecule has 0 amide bonds. The molecule has 0 saturated carbocycles. The number of halogens is 1. The minimum absolute atomic E-state index is 0.928. The molecular formula is C10H15IO. The van der Waals surface area contributed by atoms with Crippen molar-refractivity contribution in [3.63, 3.8) is 0 Å². The van der Waals surface area contributed by atoms with Crippen LogP contribution in [0.1, 0.15) is 12.5 Å². The van der Waals surface area contributed by atoms with Crippen LogP contribution in [0.3, 0.4) is 0 Å². The average molecular weight is 278 g/mol. The van der Waals surface area contributed by atoms with E-state index in [1.54, 1.807) is 7.11 Å². The van der Waals surface area contributed by atoms with Gasteiger partial charge in [-0.25, -0.2) is 0 Å². The molecule has 1 aromatic rings. The van der Waals surface area contributed by atoms with Gasteiger partial charge in [0, 0.05) is 0 Å². The van der Waals surface area contributed by atoms with Gasteiger partial charge in [0.15, 0.2) is 0 Å². The normalized spacial score (nSPS) is 8.33. The van der Waals surface area contributed by atoms with Gasteiger partial charge in [0.25, 0.3) is 0 Å². The predicted molar refractivity (Wildman–Crippen MR) is 62.3 cm³/mol. The van der Waals surface area contributed by atoms with Gasteiger partial charge in [-0.05, 0) is 29.0 Å². The van der Waals surface area contributed by atoms with E-state index in [-0.39, 0.29) is 0 Å². The first-order valence-corrected chi connectivity index (χ1v) is 6.03. The van der Waals surface area contributed by atoms with E-state index in [1.807, 2.05) is 17.1 Å². The minimum atomic E-state index is 0.928. The molecule has 2 heteroatoms. The van der Waals surface area contributed by atoms with Crippen LogP contribution in [-0.2, 0) is 6.42 Å². The van der Waals surface area contributed by atoms with E-state index in [0.29, 0.717) is 0 Å². The summed E-state index contributed by atoms with van der Waals surface area (Å²) >= 11 is 2.15. The topological polar surface area (TPSA) is 9.23 Å². The summed E-state index contributed by atoms with van der Waals surface area (Å²) in [6.45, 7) is 2.14. The second-order valence-corrected chi connectivity index (χ2v) is 2.20. The zero-order valence-corrected chi connectivity index (χ0v) is 9.96. The molecule has 0 aliphatic carbocycles. The number of hydrogen-bond acceptors (Lipinski definition) is 1. The van der Waals surface area contributed by atoms with Crippen molar-refractivity contribution in [3.8, 4) is 5.75 Å². The van der Waals surface area contributed by atoms with Gasteiger partial charge in [-0.1, -0.05) is 41.6 Å². The Hall–Kier alpha value is -0.250. The molecule has 1 aromatic carbocycles. The lowest BCUT2D eigenvalue weighted by Gasteiger charge is -1.99. The Morgan fingerprint density at radius 2 is 1.67 bits per heavy atom. The maximum absolute atomic E-state index is 5.01. The summed E-state index contributed by atoms with van der Waals surface area (Å²) in [6.07, 6.45) is 1.09. The maximum Gasteiger partial charge on any atom is 0.118 e. The van der Waals surface area contributed by atoms with Crippen molar-refractivity contribution >= 4 is 22.6 Å². The number of benzene rings is 1. The third-order valence-corrected chi connectivity index (χ3v) is 1.57. The zero-order chi connectivity index (χ0) is 9.40. The summed E-state index contributed by atoms with van der Waals surface area (Å²) < 4.78 is 5.01. The number of aryl methyl sites for hydroxylation is 1. The monoisotopic (exact) mass is 278 g/mol. The SMILES string of the molecule is CCc1ccc(OC)cc1.CI. The highest BCUT2D eigenvalue weighted by molar-refractivity contribution is 14.1. The van der Waals surface area contributed by atoms with Crippen LogP contribution in [0.4, 0.5) is 0 Å². The molecule has 0 saturated heterocycles. The summed E-state index contributed by atoms with van der Waals surface area (Å²) in [5.74, 6) is 0.928. The number of methoxy groups -OCH3 is 1. The van der Waals surface area contributed by atoms with Crippen molar-refractivity contribution in [2.75, 3.05) is 12.0 Å². The van der Waals surface area contributed by atoms with Crippen molar-refractivity contribution in [3.05, 3.63) is 29.8 Å². The van der Waals surface area contributed by atoms with E-state index in [2.05, 4.69) is 41.6 Å². The molecule has 0 radical (unpaired) electrons. The van der Waals surface area contributed by atoms with Crippen molar-refractivity contribution in [2.45, 2.75) is 13.3 Å². The first-order chi connectivity index (χ1) is 5.86. The van der Waals surface area contributed by atoms with Crippen LogP contribution in [0, 0.1) is 0 Å². The molecule has 68 valence electrons. The standard InChI is InChI=1S/C9H12O.CH3I/c1-3-8-4-6-9(10-2)7-5-8;1-2/h4-7H,3H2,1-2H3;1H3. The lowest BCUT2D eigenvalue weighted by atomic mass is 10.2. The lowest BCUT2D eigenvalue weighted by Crippen LogP contribution is -1.83. The van der Waals surface area contributed by atoms with E-state index in [1.165, 1.54) is 5.56 Å². The second-order valence-electron chi connectivity index (χ2n) is 2.20. The molecule has 0 N–H and O–H groups in total. The van der Waals surface area contributed by atoms with Crippen LogP contribution in [0.15, 0.2) is 24.3 Å². The number of ether oxygens (including phenoxy) is 1. The molecule has 0 aliphatic rings. The summed E-state index contributed by atoms with van der Waals surface area (Å²) in [5, 5.41) is 0. The quantitative estimate of drug-likeness (QED) is 0.595. The fourth-order valence-electron chi connectivity index (χ4n) is 0.861. The first-order valence-electron chi connectivity index (χ1n) is 3.87. The highest BCUT2D eigenvalue weighted by Crippen LogP contribution is 2.10. The van der Waals surface area contributed by atoms with Crippen LogP contribution in [-0.4, -0.2) is 12.0 Å². The van der Waals surface area contributed by atoms with Crippen LogP contribution < -0.4 is 4.74 Å². The van der Waals surface area contributed by atoms with Crippen molar-refractivity contribution in [1.82, 2.24) is 0 Å². The molecule has 0 aromatic heterocycles. The minimum Gasteiger partial charge on any atom is -0.497 e. The molecule has 12 heavy (non-hydrogen) atoms. The van der Waals surface area contributed by atoms with Crippen LogP contribution in [0.25, 0.3) is 0 Å². The molecule has 0 spiro atoms. The number of alkyl halides is 1. The second kappa shape index (κ2) is 7.40. The molecule has 0 unspecified atom stereocenters. The Kier molecular flexibility index (Phi) is 7.25. The Bertz CT molecular complexity index is 170. The highest BCUT2D eigenvalue weighted by atomic mass is 127. The zero-order valence-electron chi connectivity index (χ0n) is 7.80. The molecular weight excluding hydrogens is 263 g/mol. The smallest absolute Gasteiger partial charge is 0.118 e. The Balaban J connectivity index is 0.000000561. The molecule has 0 bridgehead atoms. The van der Waals surface area contributed by atoms with E-state index < -0.39 is 0 Å². The Labute approximate surface area is 88.3 Å². The third-order valence-electron chi connectivity index (χ3n) is 1.57. The van der Waals surface area contributed by atoms with Gasteiger partial charge in [0.2, 0.25) is 0 Å². The largest absolute Gasteiger partial charge is 0.497 e. The highest BCUT2D eigenvalue weighted by Gasteiger charge is 1.89. The van der Waals surface area contributed by atoms with Crippen LogP contribution in [0.2, 0.25) is 0 Å². The number of rotatable bonds is 2. The van der Waals surface area contributed by atoms with Crippen molar-refractivity contribution in [1.29, 1.82) is 0 Å². The van der Waals surface area contributed by atoms with Crippen molar-refractivity contribution < 1.29 is 4.74 Å². The average Bonchev–Trinajstić information content (AvgIpc) is 2.21. The fraction of sp³-hybridized carbons (Fsp3) is 0.400. The first kappa shape index (κ1) is 11.8. The van der Waals surface area contributed by atoms with Crippen LogP contribution in [0.5, 0.6) is 5.75 Å². The summed E-state index contributed by atoms with van der Waals surface area (Å²) in [7, 11) is 1.68. The Morgan fingerprint density at radius 3 is 2.00 bits per heavy atom. The van der Waals surface area contributed by atoms with E-state index >= 15 is 0 Å². The predicted octanol–water partition coefficient (Wildman–Crippen LogP) is 3.31. The van der Waals surface area contributed by atoms with Gasteiger partial charge >= 0.3 is 0 Å². The van der Waals surface area contributed by atoms with Crippen LogP contribution >= 0.6 is 22.6 Å². The third kappa shape index (κ3) is 3.95. The fourth-order valence-corrected chi connectivity index (χ4v) is 0.861. The van der Waals surface area contributed by atoms with Gasteiger partial charge in [-0.2, -0.15) is 0 Å². The molecule has 0 aliphatic heterocycles. The van der Waals surface area contributed by atoms with E-state index in [9.17, 15) is 0 Å². The summed E-state index contributed by atoms with van der Waals surface area (Å²) in [6, 6.07) is 8.13. The lowest BCUT2D eigenvalue weighted by molar-refractivity contribution is 0.414. The maximum atomic E-state index is 5.01. The molecule has 0 heterocycles. The van der Waals surface area contributed by atoms with Gasteiger partial charge in [0.05, 0.1) is 7.11 Å². The van der Waals surface area contributed by atoms with E-state index in [0.717, 1.165) is 12.2 Å². The molecule has 0 atom stereocenters. The van der Waals surface area contributed by atoms with Crippen molar-refractivity contribution in [2.24, 2.45) is 0 Å². The van der Waals surface area contributed by atoms with Gasteiger partial charge in [0.1, 0.15) is 5.75 Å². The molecule has 0 fully saturated rings.